The SMILES string of the molecule is CC.CC.CC/C(C)=C/c1c(C)cc(C=O)n1-c1cc(CO)c2ccccc2c1.CNC1CCC(N)(N)CC1. The predicted octanol–water partition coefficient (Wildman–Crippen LogP) is 6.87. The molecule has 0 atom stereocenters. The monoisotopic (exact) mass is 536 g/mol. The first-order valence-corrected chi connectivity index (χ1v) is 14.5. The van der Waals surface area contributed by atoms with Crippen molar-refractivity contribution in [1.29, 1.82) is 0 Å². The van der Waals surface area contributed by atoms with Crippen molar-refractivity contribution in [2.45, 2.75) is 98.9 Å². The Morgan fingerprint density at radius 1 is 1.10 bits per heavy atom. The number of nitrogens with two attached hydrogens (primary N) is 2. The van der Waals surface area contributed by atoms with Crippen LogP contribution in [0.5, 0.6) is 0 Å². The first-order chi connectivity index (χ1) is 18.7. The number of aromatic nitrogens is 1. The van der Waals surface area contributed by atoms with Gasteiger partial charge in [-0.3, -0.25) is 4.79 Å². The molecule has 0 spiro atoms. The van der Waals surface area contributed by atoms with Crippen LogP contribution in [0.4, 0.5) is 0 Å². The van der Waals surface area contributed by atoms with Gasteiger partial charge in [-0.15, -0.1) is 0 Å². The molecule has 0 radical (unpaired) electrons. The molecule has 4 rings (SSSR count). The van der Waals surface area contributed by atoms with E-state index in [9.17, 15) is 9.90 Å². The van der Waals surface area contributed by atoms with Crippen LogP contribution in [0.1, 0.15) is 101 Å². The number of fused-ring (bicyclic) bond motifs is 1. The van der Waals surface area contributed by atoms with E-state index in [0.29, 0.717) is 11.7 Å². The fourth-order valence-electron chi connectivity index (χ4n) is 4.64. The third-order valence-corrected chi connectivity index (χ3v) is 7.01. The van der Waals surface area contributed by atoms with Crippen LogP contribution in [-0.4, -0.2) is 34.7 Å². The zero-order chi connectivity index (χ0) is 29.6. The number of aliphatic hydroxyl groups excluding tert-OH is 1. The van der Waals surface area contributed by atoms with Crippen molar-refractivity contribution in [3.05, 3.63) is 70.6 Å². The van der Waals surface area contributed by atoms with Crippen molar-refractivity contribution in [3.63, 3.8) is 0 Å². The van der Waals surface area contributed by atoms with Gasteiger partial charge in [-0.2, -0.15) is 0 Å². The van der Waals surface area contributed by atoms with Crippen LogP contribution in [-0.2, 0) is 6.61 Å². The van der Waals surface area contributed by atoms with Gasteiger partial charge in [0.15, 0.2) is 6.29 Å². The van der Waals surface area contributed by atoms with Gasteiger partial charge in [0, 0.05) is 17.4 Å². The molecule has 1 saturated carbocycles. The van der Waals surface area contributed by atoms with Gasteiger partial charge in [0.25, 0.3) is 0 Å². The van der Waals surface area contributed by atoms with Gasteiger partial charge >= 0.3 is 0 Å². The minimum Gasteiger partial charge on any atom is -0.392 e. The molecule has 1 fully saturated rings. The number of benzene rings is 2. The molecule has 0 unspecified atom stereocenters. The van der Waals surface area contributed by atoms with Crippen molar-refractivity contribution in [1.82, 2.24) is 9.88 Å². The smallest absolute Gasteiger partial charge is 0.166 e. The zero-order valence-electron chi connectivity index (χ0n) is 25.5. The van der Waals surface area contributed by atoms with Gasteiger partial charge in [0.1, 0.15) is 0 Å². The van der Waals surface area contributed by atoms with E-state index in [1.54, 1.807) is 0 Å². The Morgan fingerprint density at radius 3 is 2.26 bits per heavy atom. The Morgan fingerprint density at radius 2 is 1.72 bits per heavy atom. The molecule has 2 aromatic carbocycles. The number of aryl methyl sites for hydroxylation is 1. The molecule has 1 aliphatic rings. The van der Waals surface area contributed by atoms with E-state index in [1.807, 2.05) is 82.6 Å². The zero-order valence-corrected chi connectivity index (χ0v) is 25.5. The normalized spacial score (nSPS) is 14.8. The summed E-state index contributed by atoms with van der Waals surface area (Å²) in [5.41, 5.74) is 16.8. The predicted molar refractivity (Wildman–Crippen MR) is 168 cm³/mol. The maximum Gasteiger partial charge on any atom is 0.166 e. The third-order valence-electron chi connectivity index (χ3n) is 7.01. The van der Waals surface area contributed by atoms with Crippen LogP contribution in [0, 0.1) is 6.92 Å². The van der Waals surface area contributed by atoms with Gasteiger partial charge < -0.3 is 26.5 Å². The van der Waals surface area contributed by atoms with Crippen LogP contribution in [0.2, 0.25) is 0 Å². The number of allylic oxidation sites excluding steroid dienone is 1. The highest BCUT2D eigenvalue weighted by molar-refractivity contribution is 5.88. The molecular formula is C33H52N4O2. The minimum atomic E-state index is -0.382. The largest absolute Gasteiger partial charge is 0.392 e. The molecule has 6 nitrogen and oxygen atoms in total. The summed E-state index contributed by atoms with van der Waals surface area (Å²) in [6, 6.07) is 14.6. The molecule has 6 heteroatoms. The lowest BCUT2D eigenvalue weighted by molar-refractivity contribution is 0.111. The van der Waals surface area contributed by atoms with Crippen molar-refractivity contribution < 1.29 is 9.90 Å². The molecule has 0 aliphatic heterocycles. The van der Waals surface area contributed by atoms with E-state index < -0.39 is 0 Å². The number of nitrogens with one attached hydrogen (secondary N) is 1. The maximum atomic E-state index is 11.6. The van der Waals surface area contributed by atoms with Gasteiger partial charge in [-0.1, -0.05) is 64.5 Å². The molecular weight excluding hydrogens is 484 g/mol. The summed E-state index contributed by atoms with van der Waals surface area (Å²) in [4.78, 5) is 11.6. The van der Waals surface area contributed by atoms with E-state index >= 15 is 0 Å². The van der Waals surface area contributed by atoms with E-state index in [4.69, 9.17) is 11.5 Å². The number of nitrogens with zero attached hydrogens (tertiary/aromatic N) is 1. The number of aldehydes is 1. The van der Waals surface area contributed by atoms with Gasteiger partial charge in [0.2, 0.25) is 0 Å². The first kappa shape index (κ1) is 34.3. The van der Waals surface area contributed by atoms with E-state index in [-0.39, 0.29) is 12.3 Å². The average molecular weight is 537 g/mol. The van der Waals surface area contributed by atoms with Gasteiger partial charge in [-0.05, 0) is 99.2 Å². The maximum absolute atomic E-state index is 11.6. The molecule has 39 heavy (non-hydrogen) atoms. The third kappa shape index (κ3) is 9.43. The quantitative estimate of drug-likeness (QED) is 0.203. The van der Waals surface area contributed by atoms with Crippen molar-refractivity contribution in [2.75, 3.05) is 7.05 Å². The Labute approximate surface area is 236 Å². The summed E-state index contributed by atoms with van der Waals surface area (Å²) in [6.07, 6.45) is 8.10. The summed E-state index contributed by atoms with van der Waals surface area (Å²) in [5, 5.41) is 15.1. The first-order valence-electron chi connectivity index (χ1n) is 14.5. The van der Waals surface area contributed by atoms with Crippen LogP contribution < -0.4 is 16.8 Å². The van der Waals surface area contributed by atoms with Gasteiger partial charge in [-0.25, -0.2) is 0 Å². The highest BCUT2D eigenvalue weighted by Crippen LogP contribution is 2.28. The average Bonchev–Trinajstić information content (AvgIpc) is 3.29. The number of aliphatic hydroxyl groups is 1. The summed E-state index contributed by atoms with van der Waals surface area (Å²) in [6.45, 7) is 14.2. The number of rotatable bonds is 6. The van der Waals surface area contributed by atoms with Gasteiger partial charge in [0.05, 0.1) is 18.0 Å². The molecule has 1 heterocycles. The highest BCUT2D eigenvalue weighted by Gasteiger charge is 2.26. The number of carbonyl (C=O) groups excluding carboxylic acids is 1. The molecule has 6 N–H and O–H groups in total. The number of hydrogen-bond donors (Lipinski definition) is 4. The summed E-state index contributed by atoms with van der Waals surface area (Å²) >= 11 is 0. The van der Waals surface area contributed by atoms with Crippen molar-refractivity contribution >= 4 is 23.1 Å². The van der Waals surface area contributed by atoms with E-state index in [2.05, 4.69) is 31.3 Å². The Bertz CT molecular complexity index is 1180. The fourth-order valence-corrected chi connectivity index (χ4v) is 4.64. The lowest BCUT2D eigenvalue weighted by Crippen LogP contribution is -2.53. The second-order valence-electron chi connectivity index (χ2n) is 9.72. The second kappa shape index (κ2) is 17.0. The number of hydrogen-bond acceptors (Lipinski definition) is 5. The molecule has 216 valence electrons. The molecule has 1 aromatic heterocycles. The second-order valence-corrected chi connectivity index (χ2v) is 9.72. The lowest BCUT2D eigenvalue weighted by atomic mass is 9.87. The molecule has 0 amide bonds. The lowest BCUT2D eigenvalue weighted by Gasteiger charge is -2.33. The molecule has 1 aliphatic carbocycles. The van der Waals surface area contributed by atoms with Crippen molar-refractivity contribution in [3.8, 4) is 5.69 Å². The summed E-state index contributed by atoms with van der Waals surface area (Å²) < 4.78 is 1.98. The Balaban J connectivity index is 0.000000454. The van der Waals surface area contributed by atoms with E-state index in [1.165, 1.54) is 5.57 Å². The van der Waals surface area contributed by atoms with E-state index in [0.717, 1.165) is 71.7 Å². The summed E-state index contributed by atoms with van der Waals surface area (Å²) in [7, 11) is 1.99. The molecule has 3 aromatic rings. The molecule has 0 bridgehead atoms. The minimum absolute atomic E-state index is 0.0375. The van der Waals surface area contributed by atoms with Crippen LogP contribution in [0.3, 0.4) is 0 Å². The standard InChI is InChI=1S/C22H23NO2.C7H17N3.2C2H6/c1-4-15(2)9-22-16(3)10-20(14-25)23(22)19-11-17-7-5-6-8-21(17)18(12-19)13-24;1-10-6-2-4-7(8,9)5-3-6;2*1-2/h5-12,14,24H,4,13H2,1-3H3;6,10H,2-5,8-9H2,1H3;2*1-2H3/b15-9+;;;. The summed E-state index contributed by atoms with van der Waals surface area (Å²) in [5.74, 6) is 0. The van der Waals surface area contributed by atoms with Crippen LogP contribution in [0.25, 0.3) is 22.5 Å². The Hall–Kier alpha value is -2.77. The molecule has 0 saturated heterocycles. The highest BCUT2D eigenvalue weighted by atomic mass is 16.3. The van der Waals surface area contributed by atoms with Crippen LogP contribution >= 0.6 is 0 Å². The fraction of sp³-hybridized carbons (Fsp3) is 0.485. The van der Waals surface area contributed by atoms with Crippen molar-refractivity contribution in [2.24, 2.45) is 11.5 Å². The van der Waals surface area contributed by atoms with Crippen LogP contribution in [0.15, 0.2) is 48.0 Å². The Kier molecular flexibility index (Phi) is 15.0. The topological polar surface area (TPSA) is 106 Å². The number of carbonyl (C=O) groups is 1.